The topological polar surface area (TPSA) is 49.4 Å². The van der Waals surface area contributed by atoms with Crippen molar-refractivity contribution < 1.29 is 8.42 Å². The predicted octanol–water partition coefficient (Wildman–Crippen LogP) is 4.44. The summed E-state index contributed by atoms with van der Waals surface area (Å²) in [6.07, 6.45) is 10.9. The van der Waals surface area contributed by atoms with Gasteiger partial charge in [0.05, 0.1) is 5.70 Å². The standard InChI is InChI=1S/C19H28N2O2S2/c1-4-6-11-18(21-14-8-7-9-15-21)16(3)20-25(22,23)19-13-12-17(24-19)10-5-2/h4,6,11-13,20H,1,5,7-10,14-15H2,2-3H3/b11-6-,18-16-. The van der Waals surface area contributed by atoms with E-state index >= 15 is 0 Å². The first kappa shape index (κ1) is 19.8. The summed E-state index contributed by atoms with van der Waals surface area (Å²) in [7, 11) is -3.54. The fraction of sp³-hybridized carbons (Fsp3) is 0.474. The number of nitrogens with zero attached hydrogens (tertiary/aromatic N) is 1. The fourth-order valence-corrected chi connectivity index (χ4v) is 5.53. The maximum absolute atomic E-state index is 12.7. The molecule has 4 nitrogen and oxygen atoms in total. The highest BCUT2D eigenvalue weighted by molar-refractivity contribution is 7.91. The van der Waals surface area contributed by atoms with Crippen LogP contribution in [-0.2, 0) is 16.4 Å². The molecule has 1 saturated heterocycles. The molecule has 0 amide bonds. The second kappa shape index (κ2) is 9.25. The lowest BCUT2D eigenvalue weighted by atomic mass is 10.1. The van der Waals surface area contributed by atoms with Gasteiger partial charge in [0.1, 0.15) is 4.21 Å². The second-order valence-corrected chi connectivity index (χ2v) is 9.31. The Morgan fingerprint density at radius 1 is 1.32 bits per heavy atom. The Morgan fingerprint density at radius 2 is 2.04 bits per heavy atom. The molecule has 138 valence electrons. The van der Waals surface area contributed by atoms with E-state index in [1.165, 1.54) is 17.8 Å². The molecule has 0 saturated carbocycles. The summed E-state index contributed by atoms with van der Waals surface area (Å²) in [5.74, 6) is 0. The fourth-order valence-electron chi connectivity index (χ4n) is 2.95. The van der Waals surface area contributed by atoms with Gasteiger partial charge in [0.15, 0.2) is 0 Å². The Kier molecular flexibility index (Phi) is 7.32. The number of nitrogens with one attached hydrogen (secondary N) is 1. The highest BCUT2D eigenvalue weighted by Gasteiger charge is 2.20. The van der Waals surface area contributed by atoms with Crippen LogP contribution >= 0.6 is 11.3 Å². The Bertz CT molecular complexity index is 739. The Morgan fingerprint density at radius 3 is 2.68 bits per heavy atom. The first-order valence-electron chi connectivity index (χ1n) is 8.84. The van der Waals surface area contributed by atoms with Gasteiger partial charge in [-0.3, -0.25) is 4.72 Å². The molecular formula is C19H28N2O2S2. The molecule has 1 fully saturated rings. The number of rotatable bonds is 8. The molecule has 0 unspecified atom stereocenters. The first-order chi connectivity index (χ1) is 12.0. The summed E-state index contributed by atoms with van der Waals surface area (Å²) in [6, 6.07) is 3.61. The van der Waals surface area contributed by atoms with Crippen LogP contribution in [0.15, 0.2) is 52.5 Å². The zero-order valence-corrected chi connectivity index (χ0v) is 16.8. The lowest BCUT2D eigenvalue weighted by molar-refractivity contribution is 0.290. The van der Waals surface area contributed by atoms with Gasteiger partial charge in [-0.25, -0.2) is 8.42 Å². The van der Waals surface area contributed by atoms with E-state index < -0.39 is 10.0 Å². The van der Waals surface area contributed by atoms with Gasteiger partial charge in [0, 0.05) is 23.7 Å². The number of piperidine rings is 1. The minimum Gasteiger partial charge on any atom is -0.370 e. The highest BCUT2D eigenvalue weighted by Crippen LogP contribution is 2.24. The Labute approximate surface area is 156 Å². The normalized spacial score (nSPS) is 16.8. The van der Waals surface area contributed by atoms with Gasteiger partial charge in [0.25, 0.3) is 10.0 Å². The molecule has 0 aromatic carbocycles. The number of sulfonamides is 1. The quantitative estimate of drug-likeness (QED) is 0.678. The summed E-state index contributed by atoms with van der Waals surface area (Å²) in [5.41, 5.74) is 1.58. The number of likely N-dealkylation sites (tertiary alicyclic amines) is 1. The maximum atomic E-state index is 12.7. The first-order valence-corrected chi connectivity index (χ1v) is 11.1. The molecular weight excluding hydrogens is 352 g/mol. The molecule has 0 spiro atoms. The van der Waals surface area contributed by atoms with Crippen molar-refractivity contribution in [3.05, 3.63) is 53.2 Å². The predicted molar refractivity (Wildman–Crippen MR) is 106 cm³/mol. The zero-order chi connectivity index (χ0) is 18.3. The number of aryl methyl sites for hydroxylation is 1. The minimum atomic E-state index is -3.54. The van der Waals surface area contributed by atoms with Crippen LogP contribution in [0.4, 0.5) is 0 Å². The number of hydrogen-bond acceptors (Lipinski definition) is 4. The zero-order valence-electron chi connectivity index (χ0n) is 15.1. The molecule has 0 aliphatic carbocycles. The van der Waals surface area contributed by atoms with Gasteiger partial charge in [0.2, 0.25) is 0 Å². The molecule has 1 aromatic heterocycles. The lowest BCUT2D eigenvalue weighted by Gasteiger charge is -2.31. The van der Waals surface area contributed by atoms with Crippen molar-refractivity contribution in [3.8, 4) is 0 Å². The molecule has 0 atom stereocenters. The summed E-state index contributed by atoms with van der Waals surface area (Å²) < 4.78 is 28.6. The van der Waals surface area contributed by atoms with Gasteiger partial charge in [-0.15, -0.1) is 11.3 Å². The third kappa shape index (κ3) is 5.47. The van der Waals surface area contributed by atoms with Crippen molar-refractivity contribution in [1.82, 2.24) is 9.62 Å². The van der Waals surface area contributed by atoms with Gasteiger partial charge < -0.3 is 4.90 Å². The van der Waals surface area contributed by atoms with Gasteiger partial charge in [-0.2, -0.15) is 0 Å². The van der Waals surface area contributed by atoms with Crippen LogP contribution in [0.25, 0.3) is 0 Å². The van der Waals surface area contributed by atoms with Crippen LogP contribution in [0.2, 0.25) is 0 Å². The SMILES string of the molecule is C=C/C=C\C(=C(/C)NS(=O)(=O)c1ccc(CCC)s1)N1CCCCC1. The van der Waals surface area contributed by atoms with Crippen LogP contribution in [-0.4, -0.2) is 26.4 Å². The molecule has 1 aromatic rings. The van der Waals surface area contributed by atoms with E-state index in [0.717, 1.165) is 49.3 Å². The van der Waals surface area contributed by atoms with Crippen molar-refractivity contribution in [2.45, 2.75) is 50.2 Å². The summed E-state index contributed by atoms with van der Waals surface area (Å²) in [4.78, 5) is 3.35. The molecule has 0 radical (unpaired) electrons. The van der Waals surface area contributed by atoms with Gasteiger partial charge in [-0.05, 0) is 50.8 Å². The monoisotopic (exact) mass is 380 g/mol. The molecule has 1 N–H and O–H groups in total. The average Bonchev–Trinajstić information content (AvgIpc) is 3.06. The molecule has 0 bridgehead atoms. The molecule has 1 aliphatic rings. The van der Waals surface area contributed by atoms with Crippen LogP contribution in [0.1, 0.15) is 44.4 Å². The van der Waals surface area contributed by atoms with Gasteiger partial charge in [-0.1, -0.05) is 32.1 Å². The molecule has 25 heavy (non-hydrogen) atoms. The van der Waals surface area contributed by atoms with Crippen molar-refractivity contribution in [1.29, 1.82) is 0 Å². The van der Waals surface area contributed by atoms with Crippen LogP contribution in [0, 0.1) is 0 Å². The molecule has 2 rings (SSSR count). The highest BCUT2D eigenvalue weighted by atomic mass is 32.2. The van der Waals surface area contributed by atoms with E-state index in [9.17, 15) is 8.42 Å². The average molecular weight is 381 g/mol. The van der Waals surface area contributed by atoms with Crippen LogP contribution < -0.4 is 4.72 Å². The van der Waals surface area contributed by atoms with E-state index in [1.807, 2.05) is 25.1 Å². The van der Waals surface area contributed by atoms with E-state index in [-0.39, 0.29) is 0 Å². The van der Waals surface area contributed by atoms with Crippen molar-refractivity contribution in [2.24, 2.45) is 0 Å². The lowest BCUT2D eigenvalue weighted by Crippen LogP contribution is -2.32. The van der Waals surface area contributed by atoms with Crippen molar-refractivity contribution >= 4 is 21.4 Å². The van der Waals surface area contributed by atoms with Crippen molar-refractivity contribution in [3.63, 3.8) is 0 Å². The van der Waals surface area contributed by atoms with Crippen LogP contribution in [0.3, 0.4) is 0 Å². The van der Waals surface area contributed by atoms with Crippen molar-refractivity contribution in [2.75, 3.05) is 13.1 Å². The van der Waals surface area contributed by atoms with Gasteiger partial charge >= 0.3 is 0 Å². The number of thiophene rings is 1. The van der Waals surface area contributed by atoms with E-state index in [4.69, 9.17) is 0 Å². The van der Waals surface area contributed by atoms with E-state index in [2.05, 4.69) is 23.1 Å². The third-order valence-corrected chi connectivity index (χ3v) is 7.25. The summed E-state index contributed by atoms with van der Waals surface area (Å²) >= 11 is 1.35. The maximum Gasteiger partial charge on any atom is 0.271 e. The molecule has 6 heteroatoms. The Hall–Kier alpha value is -1.53. The molecule has 2 heterocycles. The van der Waals surface area contributed by atoms with E-state index in [0.29, 0.717) is 9.91 Å². The van der Waals surface area contributed by atoms with E-state index in [1.54, 1.807) is 12.1 Å². The molecule has 1 aliphatic heterocycles. The third-order valence-electron chi connectivity index (χ3n) is 4.16. The number of allylic oxidation sites excluding steroid dienone is 4. The Balaban J connectivity index is 2.26. The largest absolute Gasteiger partial charge is 0.370 e. The summed E-state index contributed by atoms with van der Waals surface area (Å²) in [5, 5.41) is 0. The van der Waals surface area contributed by atoms with Crippen LogP contribution in [0.5, 0.6) is 0 Å². The minimum absolute atomic E-state index is 0.376. The second-order valence-electron chi connectivity index (χ2n) is 6.23. The smallest absolute Gasteiger partial charge is 0.271 e. The summed E-state index contributed by atoms with van der Waals surface area (Å²) in [6.45, 7) is 9.54. The number of hydrogen-bond donors (Lipinski definition) is 1.